The number of aryl methyl sites for hydroxylation is 1. The van der Waals surface area contributed by atoms with Gasteiger partial charge in [0.15, 0.2) is 0 Å². The molecule has 0 fully saturated rings. The Morgan fingerprint density at radius 3 is 1.31 bits per heavy atom. The number of aromatic hydroxyl groups is 1. The maximum Gasteiger partial charge on any atom is 0.126 e. The van der Waals surface area contributed by atoms with Crippen LogP contribution < -0.4 is 9.47 Å². The van der Waals surface area contributed by atoms with Crippen molar-refractivity contribution in [2.24, 2.45) is 5.41 Å². The molecule has 4 nitrogen and oxygen atoms in total. The fourth-order valence-electron chi connectivity index (χ4n) is 7.90. The molecule has 3 aromatic carbocycles. The number of benzene rings is 3. The van der Waals surface area contributed by atoms with Gasteiger partial charge in [0.2, 0.25) is 0 Å². The molecule has 3 aromatic rings. The van der Waals surface area contributed by atoms with Crippen LogP contribution in [0.4, 0.5) is 0 Å². The van der Waals surface area contributed by atoms with Crippen LogP contribution in [0.5, 0.6) is 17.2 Å². The molecule has 0 spiro atoms. The van der Waals surface area contributed by atoms with Gasteiger partial charge in [-0.15, -0.1) is 0 Å². The highest BCUT2D eigenvalue weighted by Crippen LogP contribution is 2.42. The molecule has 0 aliphatic heterocycles. The van der Waals surface area contributed by atoms with Gasteiger partial charge in [-0.25, -0.2) is 0 Å². The SMILES string of the molecule is CCCO/C1=C(/C=C(\CC)C(C)(C)C)Cc2cc(C(C)(C)C)cc(c2O)Cc2cc(C(C)(C)C)cc(c2OCCC)Cc2cc(C(C)(C)C)cc(c2OCCC)CC1. The van der Waals surface area contributed by atoms with Crippen LogP contribution in [0.15, 0.2) is 59.4 Å². The van der Waals surface area contributed by atoms with E-state index in [9.17, 15) is 5.11 Å². The lowest BCUT2D eigenvalue weighted by Crippen LogP contribution is -2.17. The van der Waals surface area contributed by atoms with Gasteiger partial charge in [-0.05, 0) is 109 Å². The molecule has 0 atom stereocenters. The van der Waals surface area contributed by atoms with Crippen molar-refractivity contribution in [3.05, 3.63) is 109 Å². The summed E-state index contributed by atoms with van der Waals surface area (Å²) >= 11 is 0. The topological polar surface area (TPSA) is 47.9 Å². The Morgan fingerprint density at radius 1 is 0.517 bits per heavy atom. The van der Waals surface area contributed by atoms with Crippen LogP contribution in [-0.4, -0.2) is 24.9 Å². The van der Waals surface area contributed by atoms with Crippen molar-refractivity contribution in [2.75, 3.05) is 19.8 Å². The molecule has 0 amide bonds. The van der Waals surface area contributed by atoms with E-state index < -0.39 is 0 Å². The standard InChI is InChI=1S/C54H80O4/c1-17-23-56-47-22-21-36-29-44(52(8,9)10)34-41(49(36)57-24-18-2)28-42-35-46(54(14,15)16)33-40(50(42)58-25-19-3)27-39-32-45(53(11,12)13)31-38(48(39)55)26-37(47)30-43(20-4)51(5,6)7/h29-35,55H,17-28H2,1-16H3/b43-30+,47-37+. The molecule has 0 radical (unpaired) electrons. The van der Waals surface area contributed by atoms with Gasteiger partial charge in [-0.3, -0.25) is 0 Å². The zero-order valence-electron chi connectivity index (χ0n) is 39.7. The van der Waals surface area contributed by atoms with Crippen molar-refractivity contribution in [3.8, 4) is 17.2 Å². The summed E-state index contributed by atoms with van der Waals surface area (Å²) in [6.07, 6.45) is 9.40. The summed E-state index contributed by atoms with van der Waals surface area (Å²) in [4.78, 5) is 0. The minimum absolute atomic E-state index is 0.0187. The zero-order valence-corrected chi connectivity index (χ0v) is 39.7. The minimum Gasteiger partial charge on any atom is -0.507 e. The molecule has 0 heterocycles. The Kier molecular flexibility index (Phi) is 15.5. The third kappa shape index (κ3) is 12.0. The summed E-state index contributed by atoms with van der Waals surface area (Å²) in [6.45, 7) is 38.2. The van der Waals surface area contributed by atoms with E-state index in [0.717, 1.165) is 78.0 Å². The average Bonchev–Trinajstić information content (AvgIpc) is 3.11. The predicted octanol–water partition coefficient (Wildman–Crippen LogP) is 14.6. The average molecular weight is 793 g/mol. The molecule has 0 aromatic heterocycles. The third-order valence-corrected chi connectivity index (χ3v) is 11.5. The number of phenolic OH excluding ortho intramolecular Hbond substituents is 1. The van der Waals surface area contributed by atoms with Crippen LogP contribution >= 0.6 is 0 Å². The molecule has 1 aliphatic carbocycles. The summed E-state index contributed by atoms with van der Waals surface area (Å²) < 4.78 is 20.5. The highest BCUT2D eigenvalue weighted by Gasteiger charge is 2.28. The number of hydrogen-bond acceptors (Lipinski definition) is 4. The summed E-state index contributed by atoms with van der Waals surface area (Å²) in [6, 6.07) is 14.0. The summed E-state index contributed by atoms with van der Waals surface area (Å²) in [5.74, 6) is 3.31. The van der Waals surface area contributed by atoms with E-state index >= 15 is 0 Å². The van der Waals surface area contributed by atoms with Crippen molar-refractivity contribution in [1.82, 2.24) is 0 Å². The quantitative estimate of drug-likeness (QED) is 0.210. The first-order valence-electron chi connectivity index (χ1n) is 22.5. The van der Waals surface area contributed by atoms with Gasteiger partial charge in [-0.1, -0.05) is 159 Å². The first kappa shape index (κ1) is 47.0. The Labute approximate surface area is 354 Å². The summed E-state index contributed by atoms with van der Waals surface area (Å²) in [7, 11) is 0. The second-order valence-corrected chi connectivity index (χ2v) is 20.9. The van der Waals surface area contributed by atoms with E-state index in [1.807, 2.05) is 0 Å². The van der Waals surface area contributed by atoms with Crippen molar-refractivity contribution < 1.29 is 19.3 Å². The number of fused-ring (bicyclic) bond motifs is 6. The molecule has 0 saturated heterocycles. The molecule has 58 heavy (non-hydrogen) atoms. The molecule has 0 saturated carbocycles. The molecule has 6 bridgehead atoms. The van der Waals surface area contributed by atoms with E-state index in [0.29, 0.717) is 44.8 Å². The molecular formula is C54H80O4. The summed E-state index contributed by atoms with van der Waals surface area (Å²) in [5, 5.41) is 12.5. The highest BCUT2D eigenvalue weighted by molar-refractivity contribution is 5.57. The van der Waals surface area contributed by atoms with Gasteiger partial charge in [0.1, 0.15) is 17.2 Å². The normalized spacial score (nSPS) is 16.0. The lowest BCUT2D eigenvalue weighted by Gasteiger charge is -2.28. The van der Waals surface area contributed by atoms with Crippen molar-refractivity contribution in [1.29, 1.82) is 0 Å². The fourth-order valence-corrected chi connectivity index (χ4v) is 7.90. The van der Waals surface area contributed by atoms with E-state index in [-0.39, 0.29) is 21.7 Å². The van der Waals surface area contributed by atoms with E-state index in [1.165, 1.54) is 39.0 Å². The number of phenols is 1. The Morgan fingerprint density at radius 2 is 0.897 bits per heavy atom. The van der Waals surface area contributed by atoms with Gasteiger partial charge >= 0.3 is 0 Å². The predicted molar refractivity (Wildman–Crippen MR) is 247 cm³/mol. The van der Waals surface area contributed by atoms with Gasteiger partial charge in [0.05, 0.1) is 25.6 Å². The van der Waals surface area contributed by atoms with Gasteiger partial charge < -0.3 is 19.3 Å². The Hall–Kier alpha value is -3.66. The maximum atomic E-state index is 12.5. The van der Waals surface area contributed by atoms with Crippen molar-refractivity contribution >= 4 is 0 Å². The largest absolute Gasteiger partial charge is 0.507 e. The van der Waals surface area contributed by atoms with Gasteiger partial charge in [-0.2, -0.15) is 0 Å². The molecular weight excluding hydrogens is 713 g/mol. The molecule has 0 unspecified atom stereocenters. The number of rotatable bonds is 11. The molecule has 320 valence electrons. The second kappa shape index (κ2) is 19.2. The number of ether oxygens (including phenoxy) is 3. The fraction of sp³-hybridized carbons (Fsp3) is 0.593. The molecule has 4 rings (SSSR count). The number of hydrogen-bond donors (Lipinski definition) is 1. The summed E-state index contributed by atoms with van der Waals surface area (Å²) in [5.41, 5.74) is 12.6. The highest BCUT2D eigenvalue weighted by atomic mass is 16.5. The monoisotopic (exact) mass is 793 g/mol. The molecule has 4 heteroatoms. The molecule has 1 aliphatic rings. The third-order valence-electron chi connectivity index (χ3n) is 11.5. The van der Waals surface area contributed by atoms with E-state index in [4.69, 9.17) is 14.2 Å². The van der Waals surface area contributed by atoms with Crippen LogP contribution in [0.3, 0.4) is 0 Å². The Bertz CT molecular complexity index is 1930. The van der Waals surface area contributed by atoms with Gasteiger partial charge in [0.25, 0.3) is 0 Å². The zero-order chi connectivity index (χ0) is 43.2. The van der Waals surface area contributed by atoms with E-state index in [1.54, 1.807) is 0 Å². The minimum atomic E-state index is -0.123. The first-order chi connectivity index (χ1) is 27.0. The Balaban J connectivity index is 2.24. The van der Waals surface area contributed by atoms with Gasteiger partial charge in [0, 0.05) is 25.7 Å². The smallest absolute Gasteiger partial charge is 0.126 e. The lowest BCUT2D eigenvalue weighted by molar-refractivity contribution is 0.199. The first-order valence-corrected chi connectivity index (χ1v) is 22.5. The second-order valence-electron chi connectivity index (χ2n) is 20.9. The van der Waals surface area contributed by atoms with Crippen LogP contribution in [-0.2, 0) is 46.7 Å². The van der Waals surface area contributed by atoms with Crippen LogP contribution in [0.1, 0.15) is 193 Å². The lowest BCUT2D eigenvalue weighted by atomic mass is 9.79. The molecule has 1 N–H and O–H groups in total. The van der Waals surface area contributed by atoms with Crippen molar-refractivity contribution in [3.63, 3.8) is 0 Å². The van der Waals surface area contributed by atoms with Crippen molar-refractivity contribution in [2.45, 2.75) is 185 Å². The van der Waals surface area contributed by atoms with E-state index in [2.05, 4.69) is 153 Å². The maximum absolute atomic E-state index is 12.5. The number of allylic oxidation sites excluding steroid dienone is 4. The van der Waals surface area contributed by atoms with Crippen LogP contribution in [0, 0.1) is 5.41 Å². The van der Waals surface area contributed by atoms with Crippen LogP contribution in [0.25, 0.3) is 0 Å². The van der Waals surface area contributed by atoms with Crippen LogP contribution in [0.2, 0.25) is 0 Å².